The van der Waals surface area contributed by atoms with E-state index in [0.717, 1.165) is 5.56 Å². The second-order valence-electron chi connectivity index (χ2n) is 4.11. The zero-order valence-corrected chi connectivity index (χ0v) is 10.6. The summed E-state index contributed by atoms with van der Waals surface area (Å²) in [7, 11) is 0. The van der Waals surface area contributed by atoms with E-state index >= 15 is 0 Å². The summed E-state index contributed by atoms with van der Waals surface area (Å²) in [6, 6.07) is 8.96. The van der Waals surface area contributed by atoms with Gasteiger partial charge < -0.3 is 5.32 Å². The smallest absolute Gasteiger partial charge is 0.128 e. The molecule has 0 bridgehead atoms. The first-order chi connectivity index (χ1) is 8.54. The van der Waals surface area contributed by atoms with Crippen LogP contribution in [0.1, 0.15) is 11.1 Å². The Morgan fingerprint density at radius 2 is 1.89 bits per heavy atom. The summed E-state index contributed by atoms with van der Waals surface area (Å²) in [5.41, 5.74) is 1.88. The van der Waals surface area contributed by atoms with Crippen molar-refractivity contribution in [3.05, 3.63) is 64.2 Å². The van der Waals surface area contributed by atoms with Gasteiger partial charge in [-0.2, -0.15) is 0 Å². The van der Waals surface area contributed by atoms with Gasteiger partial charge in [-0.3, -0.25) is 0 Å². The van der Waals surface area contributed by atoms with E-state index < -0.39 is 0 Å². The number of anilines is 1. The van der Waals surface area contributed by atoms with Crippen molar-refractivity contribution >= 4 is 17.3 Å². The zero-order chi connectivity index (χ0) is 13.1. The maximum absolute atomic E-state index is 13.5. The zero-order valence-electron chi connectivity index (χ0n) is 9.81. The molecule has 0 aromatic heterocycles. The maximum Gasteiger partial charge on any atom is 0.128 e. The molecular weight excluding hydrogens is 256 g/mol. The van der Waals surface area contributed by atoms with E-state index in [2.05, 4.69) is 5.32 Å². The van der Waals surface area contributed by atoms with Gasteiger partial charge in [0, 0.05) is 22.8 Å². The summed E-state index contributed by atoms with van der Waals surface area (Å²) in [5.74, 6) is -0.649. The predicted molar refractivity (Wildman–Crippen MR) is 69.9 cm³/mol. The van der Waals surface area contributed by atoms with Crippen LogP contribution in [0.15, 0.2) is 36.4 Å². The molecule has 1 nitrogen and oxygen atoms in total. The third kappa shape index (κ3) is 3.20. The Kier molecular flexibility index (Phi) is 3.82. The van der Waals surface area contributed by atoms with Crippen LogP contribution in [-0.2, 0) is 6.54 Å². The van der Waals surface area contributed by atoms with E-state index in [1.165, 1.54) is 24.3 Å². The first kappa shape index (κ1) is 12.8. The van der Waals surface area contributed by atoms with Gasteiger partial charge in [0.05, 0.1) is 0 Å². The molecule has 0 fully saturated rings. The van der Waals surface area contributed by atoms with Crippen molar-refractivity contribution in [2.24, 2.45) is 0 Å². The van der Waals surface area contributed by atoms with E-state index in [-0.39, 0.29) is 18.2 Å². The molecule has 2 aromatic carbocycles. The molecule has 2 rings (SSSR count). The van der Waals surface area contributed by atoms with Crippen LogP contribution in [-0.4, -0.2) is 0 Å². The van der Waals surface area contributed by atoms with Gasteiger partial charge in [0.15, 0.2) is 0 Å². The molecule has 4 heteroatoms. The Morgan fingerprint density at radius 1 is 1.11 bits per heavy atom. The van der Waals surface area contributed by atoms with E-state index in [4.69, 9.17) is 11.6 Å². The Morgan fingerprint density at radius 3 is 2.61 bits per heavy atom. The summed E-state index contributed by atoms with van der Waals surface area (Å²) in [6.07, 6.45) is 0. The third-order valence-electron chi connectivity index (χ3n) is 2.53. The van der Waals surface area contributed by atoms with Crippen LogP contribution in [0, 0.1) is 18.6 Å². The van der Waals surface area contributed by atoms with Gasteiger partial charge >= 0.3 is 0 Å². The number of hydrogen-bond donors (Lipinski definition) is 1. The minimum absolute atomic E-state index is 0.259. The van der Waals surface area contributed by atoms with E-state index in [9.17, 15) is 8.78 Å². The summed E-state index contributed by atoms with van der Waals surface area (Å²) in [5, 5.41) is 3.45. The number of benzene rings is 2. The lowest BCUT2D eigenvalue weighted by Crippen LogP contribution is -2.02. The molecule has 0 aliphatic rings. The molecule has 0 heterocycles. The highest BCUT2D eigenvalue weighted by Crippen LogP contribution is 2.18. The fourth-order valence-corrected chi connectivity index (χ4v) is 1.91. The van der Waals surface area contributed by atoms with Crippen molar-refractivity contribution in [2.45, 2.75) is 13.5 Å². The van der Waals surface area contributed by atoms with Crippen molar-refractivity contribution in [2.75, 3.05) is 5.32 Å². The molecule has 0 spiro atoms. The average Bonchev–Trinajstić information content (AvgIpc) is 2.29. The summed E-state index contributed by atoms with van der Waals surface area (Å²) < 4.78 is 26.6. The fourth-order valence-electron chi connectivity index (χ4n) is 1.71. The van der Waals surface area contributed by atoms with Crippen molar-refractivity contribution in [1.82, 2.24) is 0 Å². The molecule has 0 radical (unpaired) electrons. The van der Waals surface area contributed by atoms with E-state index in [0.29, 0.717) is 16.3 Å². The Labute approximate surface area is 109 Å². The lowest BCUT2D eigenvalue weighted by molar-refractivity contribution is 0.612. The second-order valence-corrected chi connectivity index (χ2v) is 4.54. The first-order valence-corrected chi connectivity index (χ1v) is 5.87. The molecule has 0 saturated heterocycles. The van der Waals surface area contributed by atoms with Crippen molar-refractivity contribution < 1.29 is 8.78 Å². The Bertz CT molecular complexity index is 549. The Balaban J connectivity index is 2.13. The number of nitrogens with one attached hydrogen (secondary N) is 1. The van der Waals surface area contributed by atoms with E-state index in [1.807, 2.05) is 0 Å². The van der Waals surface area contributed by atoms with Crippen LogP contribution < -0.4 is 5.32 Å². The lowest BCUT2D eigenvalue weighted by atomic mass is 10.2. The van der Waals surface area contributed by atoms with Crippen LogP contribution in [0.3, 0.4) is 0 Å². The number of aryl methyl sites for hydroxylation is 1. The topological polar surface area (TPSA) is 12.0 Å². The number of hydrogen-bond acceptors (Lipinski definition) is 1. The number of halogens is 3. The highest BCUT2D eigenvalue weighted by molar-refractivity contribution is 6.30. The van der Waals surface area contributed by atoms with Gasteiger partial charge in [0.25, 0.3) is 0 Å². The molecule has 18 heavy (non-hydrogen) atoms. The lowest BCUT2D eigenvalue weighted by Gasteiger charge is -2.09. The predicted octanol–water partition coefficient (Wildman–Crippen LogP) is 4.54. The Hall–Kier alpha value is -1.61. The highest BCUT2D eigenvalue weighted by Gasteiger charge is 2.04. The van der Waals surface area contributed by atoms with Gasteiger partial charge in [-0.25, -0.2) is 8.78 Å². The highest BCUT2D eigenvalue weighted by atomic mass is 35.5. The van der Waals surface area contributed by atoms with Crippen LogP contribution in [0.5, 0.6) is 0 Å². The van der Waals surface area contributed by atoms with E-state index in [1.54, 1.807) is 19.1 Å². The third-order valence-corrected chi connectivity index (χ3v) is 2.77. The van der Waals surface area contributed by atoms with Crippen molar-refractivity contribution in [3.63, 3.8) is 0 Å². The minimum atomic E-state index is -0.333. The molecule has 0 aliphatic carbocycles. The van der Waals surface area contributed by atoms with Crippen molar-refractivity contribution in [3.8, 4) is 0 Å². The summed E-state index contributed by atoms with van der Waals surface area (Å²) in [6.45, 7) is 2.06. The molecule has 2 aromatic rings. The molecule has 1 N–H and O–H groups in total. The summed E-state index contributed by atoms with van der Waals surface area (Å²) >= 11 is 5.79. The number of rotatable bonds is 3. The van der Waals surface area contributed by atoms with Gasteiger partial charge in [-0.1, -0.05) is 11.6 Å². The molecule has 0 saturated carbocycles. The van der Waals surface area contributed by atoms with Gasteiger partial charge in [-0.15, -0.1) is 0 Å². The molecule has 0 amide bonds. The SMILES string of the molecule is Cc1cc(F)cc(NCc2cc(Cl)ccc2F)c1. The van der Waals surface area contributed by atoms with Crippen LogP contribution >= 0.6 is 11.6 Å². The van der Waals surface area contributed by atoms with Crippen molar-refractivity contribution in [1.29, 1.82) is 0 Å². The van der Waals surface area contributed by atoms with Gasteiger partial charge in [0.1, 0.15) is 11.6 Å². The largest absolute Gasteiger partial charge is 0.381 e. The second kappa shape index (κ2) is 5.36. The van der Waals surface area contributed by atoms with Crippen LogP contribution in [0.2, 0.25) is 5.02 Å². The molecule has 0 unspecified atom stereocenters. The standard InChI is InChI=1S/C14H12ClF2N/c1-9-4-12(16)7-13(5-9)18-8-10-6-11(15)2-3-14(10)17/h2-7,18H,8H2,1H3. The maximum atomic E-state index is 13.5. The molecular formula is C14H12ClF2N. The van der Waals surface area contributed by atoms with Crippen LogP contribution in [0.4, 0.5) is 14.5 Å². The monoisotopic (exact) mass is 267 g/mol. The molecule has 94 valence electrons. The van der Waals surface area contributed by atoms with Gasteiger partial charge in [-0.05, 0) is 48.9 Å². The summed E-state index contributed by atoms with van der Waals surface area (Å²) in [4.78, 5) is 0. The minimum Gasteiger partial charge on any atom is -0.381 e. The first-order valence-electron chi connectivity index (χ1n) is 5.49. The van der Waals surface area contributed by atoms with Crippen LogP contribution in [0.25, 0.3) is 0 Å². The average molecular weight is 268 g/mol. The molecule has 0 aliphatic heterocycles. The van der Waals surface area contributed by atoms with Gasteiger partial charge in [0.2, 0.25) is 0 Å². The molecule has 0 atom stereocenters. The quantitative estimate of drug-likeness (QED) is 0.861. The fraction of sp³-hybridized carbons (Fsp3) is 0.143. The normalized spacial score (nSPS) is 10.4.